The van der Waals surface area contributed by atoms with Crippen molar-refractivity contribution in [3.8, 4) is 0 Å². The van der Waals surface area contributed by atoms with E-state index in [2.05, 4.69) is 10.6 Å². The largest absolute Gasteiger partial charge is 0.350 e. The van der Waals surface area contributed by atoms with E-state index in [4.69, 9.17) is 5.14 Å². The summed E-state index contributed by atoms with van der Waals surface area (Å²) in [4.78, 5) is 25.8. The summed E-state index contributed by atoms with van der Waals surface area (Å²) in [6.45, 7) is 0.169. The maximum atomic E-state index is 12.8. The van der Waals surface area contributed by atoms with Gasteiger partial charge in [-0.1, -0.05) is 48.5 Å². The first kappa shape index (κ1) is 20.7. The van der Waals surface area contributed by atoms with Crippen molar-refractivity contribution in [3.05, 3.63) is 88.1 Å². The number of thiophene rings is 1. The lowest BCUT2D eigenvalue weighted by atomic mass is 10.1. The van der Waals surface area contributed by atoms with Crippen molar-refractivity contribution < 1.29 is 18.0 Å². The van der Waals surface area contributed by atoms with Gasteiger partial charge in [0.1, 0.15) is 6.04 Å². The third kappa shape index (κ3) is 5.50. The number of nitrogens with one attached hydrogen (secondary N) is 2. The van der Waals surface area contributed by atoms with Gasteiger partial charge in [-0.05, 0) is 34.7 Å². The smallest absolute Gasteiger partial charge is 0.262 e. The highest BCUT2D eigenvalue weighted by Gasteiger charge is 2.23. The molecule has 0 saturated heterocycles. The zero-order valence-electron chi connectivity index (χ0n) is 15.2. The van der Waals surface area contributed by atoms with Gasteiger partial charge in [0.25, 0.3) is 5.91 Å². The Balaban J connectivity index is 1.72. The summed E-state index contributed by atoms with van der Waals surface area (Å²) < 4.78 is 22.7. The van der Waals surface area contributed by atoms with E-state index in [1.807, 2.05) is 6.07 Å². The molecular formula is C20H19N3O4S2. The second kappa shape index (κ2) is 8.99. The van der Waals surface area contributed by atoms with Gasteiger partial charge in [-0.2, -0.15) is 0 Å². The highest BCUT2D eigenvalue weighted by Crippen LogP contribution is 2.16. The fraction of sp³-hybridized carbons (Fsp3) is 0.100. The molecule has 0 unspecified atom stereocenters. The molecule has 0 spiro atoms. The van der Waals surface area contributed by atoms with Crippen molar-refractivity contribution in [1.29, 1.82) is 0 Å². The molecule has 0 aliphatic heterocycles. The molecule has 2 amide bonds. The lowest BCUT2D eigenvalue weighted by molar-refractivity contribution is -0.123. The Kier molecular flexibility index (Phi) is 6.42. The maximum Gasteiger partial charge on any atom is 0.262 e. The Morgan fingerprint density at radius 3 is 2.24 bits per heavy atom. The van der Waals surface area contributed by atoms with Gasteiger partial charge >= 0.3 is 0 Å². The number of primary sulfonamides is 1. The molecule has 29 heavy (non-hydrogen) atoms. The lowest BCUT2D eigenvalue weighted by Gasteiger charge is -2.18. The quantitative estimate of drug-likeness (QED) is 0.533. The van der Waals surface area contributed by atoms with Crippen molar-refractivity contribution in [2.24, 2.45) is 5.14 Å². The molecule has 2 aromatic carbocycles. The second-order valence-corrected chi connectivity index (χ2v) is 8.71. The Morgan fingerprint density at radius 1 is 0.966 bits per heavy atom. The van der Waals surface area contributed by atoms with Crippen molar-refractivity contribution >= 4 is 33.2 Å². The van der Waals surface area contributed by atoms with Gasteiger partial charge in [0.2, 0.25) is 15.9 Å². The molecule has 1 aromatic heterocycles. The maximum absolute atomic E-state index is 12.8. The molecule has 1 heterocycles. The molecule has 3 rings (SSSR count). The fourth-order valence-electron chi connectivity index (χ4n) is 2.64. The predicted molar refractivity (Wildman–Crippen MR) is 111 cm³/mol. The standard InChI is InChI=1S/C20H19N3O4S2/c21-29(26,27)16-10-8-14(9-11-16)13-22-20(25)18(15-5-2-1-3-6-15)23-19(24)17-7-4-12-28-17/h1-12,18H,13H2,(H,22,25)(H,23,24)(H2,21,26,27)/t18-/m0/s1. The molecule has 0 fully saturated rings. The highest BCUT2D eigenvalue weighted by atomic mass is 32.2. The van der Waals surface area contributed by atoms with Crippen LogP contribution < -0.4 is 15.8 Å². The molecule has 150 valence electrons. The Labute approximate surface area is 172 Å². The number of carbonyl (C=O) groups excluding carboxylic acids is 2. The number of nitrogens with two attached hydrogens (primary N) is 1. The molecule has 0 saturated carbocycles. The van der Waals surface area contributed by atoms with Crippen LogP contribution in [-0.4, -0.2) is 20.2 Å². The first-order chi connectivity index (χ1) is 13.8. The van der Waals surface area contributed by atoms with Crippen molar-refractivity contribution in [2.45, 2.75) is 17.5 Å². The van der Waals surface area contributed by atoms with E-state index in [1.165, 1.54) is 23.5 Å². The van der Waals surface area contributed by atoms with Crippen LogP contribution in [0.3, 0.4) is 0 Å². The van der Waals surface area contributed by atoms with E-state index in [9.17, 15) is 18.0 Å². The molecule has 4 N–H and O–H groups in total. The molecule has 7 nitrogen and oxygen atoms in total. The summed E-state index contributed by atoms with van der Waals surface area (Å²) in [5.74, 6) is -0.710. The van der Waals surface area contributed by atoms with E-state index < -0.39 is 16.1 Å². The van der Waals surface area contributed by atoms with Gasteiger partial charge in [-0.3, -0.25) is 9.59 Å². The first-order valence-corrected chi connectivity index (χ1v) is 11.1. The van der Waals surface area contributed by atoms with Crippen LogP contribution in [0.5, 0.6) is 0 Å². The number of amides is 2. The summed E-state index contributed by atoms with van der Waals surface area (Å²) >= 11 is 1.29. The van der Waals surface area contributed by atoms with Crippen molar-refractivity contribution in [3.63, 3.8) is 0 Å². The van der Waals surface area contributed by atoms with E-state index in [-0.39, 0.29) is 23.3 Å². The third-order valence-electron chi connectivity index (χ3n) is 4.13. The molecule has 0 aliphatic carbocycles. The fourth-order valence-corrected chi connectivity index (χ4v) is 3.79. The molecule has 0 aliphatic rings. The van der Waals surface area contributed by atoms with Crippen LogP contribution in [0, 0.1) is 0 Å². The summed E-state index contributed by atoms with van der Waals surface area (Å²) in [6, 6.07) is 17.4. The number of rotatable bonds is 7. The molecular weight excluding hydrogens is 410 g/mol. The van der Waals surface area contributed by atoms with E-state index >= 15 is 0 Å². The third-order valence-corrected chi connectivity index (χ3v) is 5.93. The van der Waals surface area contributed by atoms with Gasteiger partial charge in [0, 0.05) is 6.54 Å². The number of benzene rings is 2. The van der Waals surface area contributed by atoms with Crippen LogP contribution in [0.1, 0.15) is 26.8 Å². The monoisotopic (exact) mass is 429 g/mol. The van der Waals surface area contributed by atoms with Crippen molar-refractivity contribution in [1.82, 2.24) is 10.6 Å². The van der Waals surface area contributed by atoms with Gasteiger partial charge < -0.3 is 10.6 Å². The van der Waals surface area contributed by atoms with Gasteiger partial charge in [0.15, 0.2) is 0 Å². The summed E-state index contributed by atoms with van der Waals surface area (Å²) in [6.07, 6.45) is 0. The van der Waals surface area contributed by atoms with Crippen LogP contribution in [0.15, 0.2) is 77.0 Å². The van der Waals surface area contributed by atoms with Crippen molar-refractivity contribution in [2.75, 3.05) is 0 Å². The molecule has 0 radical (unpaired) electrons. The highest BCUT2D eigenvalue weighted by molar-refractivity contribution is 7.89. The van der Waals surface area contributed by atoms with E-state index in [1.54, 1.807) is 53.9 Å². The summed E-state index contributed by atoms with van der Waals surface area (Å²) in [7, 11) is -3.77. The minimum atomic E-state index is -3.77. The average Bonchev–Trinajstić information content (AvgIpc) is 3.25. The summed E-state index contributed by atoms with van der Waals surface area (Å²) in [5.41, 5.74) is 1.35. The zero-order valence-corrected chi connectivity index (χ0v) is 16.9. The molecule has 3 aromatic rings. The minimum absolute atomic E-state index is 0.00190. The number of hydrogen-bond acceptors (Lipinski definition) is 5. The topological polar surface area (TPSA) is 118 Å². The van der Waals surface area contributed by atoms with Gasteiger partial charge in [-0.25, -0.2) is 13.6 Å². The van der Waals surface area contributed by atoms with E-state index in [0.717, 1.165) is 0 Å². The normalized spacial score (nSPS) is 12.2. The van der Waals surface area contributed by atoms with Gasteiger partial charge in [-0.15, -0.1) is 11.3 Å². The number of carbonyl (C=O) groups is 2. The van der Waals surface area contributed by atoms with Crippen LogP contribution >= 0.6 is 11.3 Å². The molecule has 9 heteroatoms. The lowest BCUT2D eigenvalue weighted by Crippen LogP contribution is -2.40. The van der Waals surface area contributed by atoms with E-state index in [0.29, 0.717) is 16.0 Å². The van der Waals surface area contributed by atoms with Crippen LogP contribution in [0.25, 0.3) is 0 Å². The van der Waals surface area contributed by atoms with Gasteiger partial charge in [0.05, 0.1) is 9.77 Å². The van der Waals surface area contributed by atoms with Crippen LogP contribution in [0.4, 0.5) is 0 Å². The second-order valence-electron chi connectivity index (χ2n) is 6.20. The minimum Gasteiger partial charge on any atom is -0.350 e. The van der Waals surface area contributed by atoms with Crippen LogP contribution in [-0.2, 0) is 21.4 Å². The Hall–Kier alpha value is -3.01. The van der Waals surface area contributed by atoms with Crippen LogP contribution in [0.2, 0.25) is 0 Å². The number of hydrogen-bond donors (Lipinski definition) is 3. The zero-order chi connectivity index (χ0) is 20.9. The average molecular weight is 430 g/mol. The molecule has 1 atom stereocenters. The number of sulfonamides is 1. The molecule has 0 bridgehead atoms. The first-order valence-electron chi connectivity index (χ1n) is 8.63. The SMILES string of the molecule is NS(=O)(=O)c1ccc(CNC(=O)[C@@H](NC(=O)c2cccs2)c2ccccc2)cc1. The predicted octanol–water partition coefficient (Wildman–Crippen LogP) is 2.18. The Morgan fingerprint density at radius 2 is 1.66 bits per heavy atom. The Bertz CT molecular complexity index is 1080. The summed E-state index contributed by atoms with van der Waals surface area (Å²) in [5, 5.41) is 12.4.